The maximum absolute atomic E-state index is 8.35. The van der Waals surface area contributed by atoms with Crippen LogP contribution in [0, 0.1) is 6.67 Å². The number of benzene rings is 3. The van der Waals surface area contributed by atoms with Crippen molar-refractivity contribution in [2.24, 2.45) is 5.11 Å². The van der Waals surface area contributed by atoms with Crippen LogP contribution >= 0.6 is 0 Å². The molecule has 2 radical (unpaired) electrons. The number of ether oxygens (including phenoxy) is 1. The molecule has 3 aromatic carbocycles. The minimum absolute atomic E-state index is 0.507. The summed E-state index contributed by atoms with van der Waals surface area (Å²) in [5, 5.41) is 3.56. The Morgan fingerprint density at radius 1 is 0.806 bits per heavy atom. The minimum Gasteiger partial charge on any atom is -0.494 e. The van der Waals surface area contributed by atoms with Gasteiger partial charge in [-0.05, 0) is 41.6 Å². The topological polar surface area (TPSA) is 64.5 Å². The molecule has 156 valence electrons. The molecule has 0 N–H and O–H groups in total. The molecule has 0 aromatic heterocycles. The molecule has 1 aliphatic heterocycles. The quantitative estimate of drug-likeness (QED) is 0.173. The summed E-state index contributed by atoms with van der Waals surface area (Å²) in [4.78, 5) is 7.10. The van der Waals surface area contributed by atoms with Gasteiger partial charge in [-0.2, -0.15) is 0 Å². The Hall–Kier alpha value is -3.63. The van der Waals surface area contributed by atoms with E-state index in [1.165, 1.54) is 11.1 Å². The Labute approximate surface area is 183 Å². The Balaban J connectivity index is 1.49. The molecule has 0 atom stereocenters. The molecule has 3 aromatic rings. The van der Waals surface area contributed by atoms with E-state index in [1.54, 1.807) is 0 Å². The van der Waals surface area contributed by atoms with Crippen molar-refractivity contribution in [1.29, 1.82) is 0 Å². The van der Waals surface area contributed by atoms with Crippen molar-refractivity contribution in [2.45, 2.75) is 25.9 Å². The lowest BCUT2D eigenvalue weighted by atomic mass is 10.2. The van der Waals surface area contributed by atoms with Crippen molar-refractivity contribution in [3.05, 3.63) is 107 Å². The van der Waals surface area contributed by atoms with Crippen molar-refractivity contribution < 1.29 is 4.74 Å². The molecule has 0 aliphatic carbocycles. The summed E-state index contributed by atoms with van der Waals surface area (Å²) >= 11 is 0. The lowest BCUT2D eigenvalue weighted by Crippen LogP contribution is -2.24. The first-order chi connectivity index (χ1) is 15.3. The molecule has 4 rings (SSSR count). The average Bonchev–Trinajstić information content (AvgIpc) is 3.14. The number of hydrogen-bond acceptors (Lipinski definition) is 4. The van der Waals surface area contributed by atoms with Crippen LogP contribution in [-0.4, -0.2) is 13.2 Å². The number of hydrogen-bond donors (Lipinski definition) is 0. The second-order valence-electron chi connectivity index (χ2n) is 7.40. The summed E-state index contributed by atoms with van der Waals surface area (Å²) in [7, 11) is 0. The summed E-state index contributed by atoms with van der Waals surface area (Å²) < 4.78 is 5.96. The Morgan fingerprint density at radius 2 is 1.45 bits per heavy atom. The first kappa shape index (κ1) is 20.6. The third kappa shape index (κ3) is 5.50. The van der Waals surface area contributed by atoms with E-state index < -0.39 is 0 Å². The number of rotatable bonds is 10. The van der Waals surface area contributed by atoms with E-state index in [-0.39, 0.29) is 0 Å². The minimum atomic E-state index is 0.507. The van der Waals surface area contributed by atoms with Gasteiger partial charge in [-0.3, -0.25) is 0 Å². The van der Waals surface area contributed by atoms with E-state index in [0.29, 0.717) is 13.2 Å². The van der Waals surface area contributed by atoms with Crippen LogP contribution in [0.15, 0.2) is 84.0 Å². The highest BCUT2D eigenvalue weighted by Gasteiger charge is 2.28. The number of anilines is 2. The third-order valence-electron chi connectivity index (χ3n) is 5.12. The fourth-order valence-corrected chi connectivity index (χ4v) is 3.58. The molecule has 0 spiro atoms. The van der Waals surface area contributed by atoms with Crippen LogP contribution in [0.4, 0.5) is 11.4 Å². The van der Waals surface area contributed by atoms with Crippen molar-refractivity contribution in [3.63, 3.8) is 0 Å². The summed E-state index contributed by atoms with van der Waals surface area (Å²) in [6.07, 6.45) is 1.67. The van der Waals surface area contributed by atoms with Crippen LogP contribution in [0.25, 0.3) is 10.4 Å². The van der Waals surface area contributed by atoms with Gasteiger partial charge in [0.1, 0.15) is 5.75 Å². The van der Waals surface area contributed by atoms with Gasteiger partial charge in [-0.25, -0.2) is 0 Å². The van der Waals surface area contributed by atoms with Gasteiger partial charge in [0.2, 0.25) is 6.67 Å². The van der Waals surface area contributed by atoms with Crippen LogP contribution in [0.5, 0.6) is 5.75 Å². The Morgan fingerprint density at radius 3 is 2.10 bits per heavy atom. The van der Waals surface area contributed by atoms with Gasteiger partial charge in [0.25, 0.3) is 0 Å². The zero-order valence-corrected chi connectivity index (χ0v) is 17.4. The third-order valence-corrected chi connectivity index (χ3v) is 5.12. The van der Waals surface area contributed by atoms with Crippen molar-refractivity contribution in [2.75, 3.05) is 23.0 Å². The molecular formula is C25H25N5O. The maximum Gasteiger partial charge on any atom is 0.209 e. The molecule has 1 heterocycles. The van der Waals surface area contributed by atoms with Crippen LogP contribution in [-0.2, 0) is 13.1 Å². The highest BCUT2D eigenvalue weighted by molar-refractivity contribution is 5.80. The van der Waals surface area contributed by atoms with E-state index in [9.17, 15) is 0 Å². The zero-order chi connectivity index (χ0) is 21.3. The normalized spacial score (nSPS) is 12.4. The second kappa shape index (κ2) is 10.4. The molecule has 0 saturated heterocycles. The van der Waals surface area contributed by atoms with E-state index in [4.69, 9.17) is 10.3 Å². The number of nitrogens with zero attached hydrogens (tertiary/aromatic N) is 5. The highest BCUT2D eigenvalue weighted by atomic mass is 16.5. The summed E-state index contributed by atoms with van der Waals surface area (Å²) in [6.45, 7) is 6.15. The number of unbranched alkanes of at least 4 members (excludes halogenated alkanes) is 1. The van der Waals surface area contributed by atoms with Gasteiger partial charge in [0, 0.05) is 30.6 Å². The van der Waals surface area contributed by atoms with Crippen LogP contribution in [0.3, 0.4) is 0 Å². The SMILES string of the molecule is [N-]=[N+]=NCCCCOc1ccc2c(c1)N(Cc1ccccc1)[C]N2Cc1ccccc1. The first-order valence-electron chi connectivity index (χ1n) is 10.5. The molecular weight excluding hydrogens is 386 g/mol. The summed E-state index contributed by atoms with van der Waals surface area (Å²) in [6, 6.07) is 27.0. The lowest BCUT2D eigenvalue weighted by Gasteiger charge is -2.19. The van der Waals surface area contributed by atoms with E-state index in [2.05, 4.69) is 87.2 Å². The van der Waals surface area contributed by atoms with Gasteiger partial charge in [0.05, 0.1) is 18.0 Å². The van der Waals surface area contributed by atoms with Crippen molar-refractivity contribution in [3.8, 4) is 5.75 Å². The first-order valence-corrected chi connectivity index (χ1v) is 10.5. The zero-order valence-electron chi connectivity index (χ0n) is 17.4. The fourth-order valence-electron chi connectivity index (χ4n) is 3.58. The van der Waals surface area contributed by atoms with Gasteiger partial charge >= 0.3 is 0 Å². The fraction of sp³-hybridized carbons (Fsp3) is 0.240. The predicted octanol–water partition coefficient (Wildman–Crippen LogP) is 6.18. The molecule has 0 amide bonds. The maximum atomic E-state index is 8.35. The van der Waals surface area contributed by atoms with E-state index in [1.807, 2.05) is 18.2 Å². The lowest BCUT2D eigenvalue weighted by molar-refractivity contribution is 0.308. The van der Waals surface area contributed by atoms with Gasteiger partial charge in [-0.15, -0.1) is 0 Å². The van der Waals surface area contributed by atoms with Crippen molar-refractivity contribution >= 4 is 11.4 Å². The Bertz CT molecular complexity index is 1020. The Kier molecular flexibility index (Phi) is 6.93. The molecule has 6 nitrogen and oxygen atoms in total. The molecule has 0 bridgehead atoms. The van der Waals surface area contributed by atoms with Crippen LogP contribution in [0.1, 0.15) is 24.0 Å². The average molecular weight is 412 g/mol. The molecule has 6 heteroatoms. The summed E-state index contributed by atoms with van der Waals surface area (Å²) in [5.41, 5.74) is 13.0. The highest BCUT2D eigenvalue weighted by Crippen LogP contribution is 2.42. The number of azide groups is 1. The monoisotopic (exact) mass is 411 g/mol. The molecule has 0 fully saturated rings. The smallest absolute Gasteiger partial charge is 0.209 e. The van der Waals surface area contributed by atoms with Crippen LogP contribution in [0.2, 0.25) is 0 Å². The van der Waals surface area contributed by atoms with Gasteiger partial charge in [-0.1, -0.05) is 65.8 Å². The van der Waals surface area contributed by atoms with Crippen LogP contribution < -0.4 is 14.5 Å². The standard InChI is InChI=1S/C25H25N5O/c26-28-27-15-7-8-16-31-23-13-14-24-25(17-23)30(19-22-11-5-2-6-12-22)20-29(24)18-21-9-3-1-4-10-21/h1-6,9-14,17H,7-8,15-16,18-19H2. The van der Waals surface area contributed by atoms with Crippen molar-refractivity contribution in [1.82, 2.24) is 0 Å². The molecule has 31 heavy (non-hydrogen) atoms. The van der Waals surface area contributed by atoms with E-state index >= 15 is 0 Å². The molecule has 0 unspecified atom stereocenters. The van der Waals surface area contributed by atoms with E-state index in [0.717, 1.165) is 43.1 Å². The van der Waals surface area contributed by atoms with Gasteiger partial charge in [0.15, 0.2) is 0 Å². The summed E-state index contributed by atoms with van der Waals surface area (Å²) in [5.74, 6) is 0.837. The number of fused-ring (bicyclic) bond motifs is 1. The predicted molar refractivity (Wildman–Crippen MR) is 124 cm³/mol. The molecule has 0 saturated carbocycles. The largest absolute Gasteiger partial charge is 0.494 e. The second-order valence-corrected chi connectivity index (χ2v) is 7.40. The van der Waals surface area contributed by atoms with Gasteiger partial charge < -0.3 is 14.5 Å². The molecule has 1 aliphatic rings.